The van der Waals surface area contributed by atoms with Crippen LogP contribution in [0.3, 0.4) is 0 Å². The molecule has 0 unspecified atom stereocenters. The molecule has 1 aliphatic heterocycles. The van der Waals surface area contributed by atoms with Crippen LogP contribution in [0.25, 0.3) is 0 Å². The van der Waals surface area contributed by atoms with Crippen molar-refractivity contribution < 1.29 is 22.3 Å². The number of carbonyl (C=O) groups is 1. The van der Waals surface area contributed by atoms with E-state index in [0.717, 1.165) is 0 Å². The Morgan fingerprint density at radius 2 is 2.00 bits per heavy atom. The molecule has 1 amide bonds. The molecule has 0 aromatic heterocycles. The first-order chi connectivity index (χ1) is 13.8. The summed E-state index contributed by atoms with van der Waals surface area (Å²) in [5.41, 5.74) is 1.20. The van der Waals surface area contributed by atoms with Crippen LogP contribution >= 0.6 is 0 Å². The smallest absolute Gasteiger partial charge is 0.263 e. The second-order valence-electron chi connectivity index (χ2n) is 6.65. The third-order valence-corrected chi connectivity index (χ3v) is 5.94. The average Bonchev–Trinajstić information content (AvgIpc) is 2.96. The van der Waals surface area contributed by atoms with Gasteiger partial charge in [-0.1, -0.05) is 18.2 Å². The number of nitrogens with zero attached hydrogens (tertiary/aromatic N) is 2. The van der Waals surface area contributed by atoms with E-state index in [2.05, 4.69) is 9.71 Å². The monoisotopic (exact) mass is 419 g/mol. The van der Waals surface area contributed by atoms with Gasteiger partial charge in [0.2, 0.25) is 5.91 Å². The van der Waals surface area contributed by atoms with Crippen LogP contribution in [0.5, 0.6) is 5.75 Å². The second-order valence-corrected chi connectivity index (χ2v) is 8.31. The molecule has 29 heavy (non-hydrogen) atoms. The summed E-state index contributed by atoms with van der Waals surface area (Å²) in [6.07, 6.45) is 0.716. The van der Waals surface area contributed by atoms with Crippen molar-refractivity contribution in [3.8, 4) is 5.75 Å². The molecule has 1 heterocycles. The van der Waals surface area contributed by atoms with Gasteiger partial charge in [-0.05, 0) is 36.2 Å². The van der Waals surface area contributed by atoms with Gasteiger partial charge in [0.15, 0.2) is 11.6 Å². The lowest BCUT2D eigenvalue weighted by atomic mass is 10.2. The third-order valence-electron chi connectivity index (χ3n) is 4.54. The molecule has 0 saturated carbocycles. The van der Waals surface area contributed by atoms with Crippen molar-refractivity contribution in [2.24, 2.45) is 4.99 Å². The molecule has 0 aliphatic carbocycles. The first-order valence-electron chi connectivity index (χ1n) is 9.05. The quantitative estimate of drug-likeness (QED) is 0.698. The number of amides is 1. The number of hydrogen-bond acceptors (Lipinski definition) is 5. The molecule has 1 aliphatic rings. The Morgan fingerprint density at radius 1 is 1.24 bits per heavy atom. The van der Waals surface area contributed by atoms with E-state index in [1.54, 1.807) is 31.3 Å². The van der Waals surface area contributed by atoms with Crippen molar-refractivity contribution in [3.63, 3.8) is 0 Å². The van der Waals surface area contributed by atoms with Crippen molar-refractivity contribution in [3.05, 3.63) is 59.4 Å². The fourth-order valence-electron chi connectivity index (χ4n) is 3.03. The number of halogens is 1. The molecule has 0 saturated heterocycles. The molecule has 7 nitrogen and oxygen atoms in total. The van der Waals surface area contributed by atoms with Gasteiger partial charge in [-0.25, -0.2) is 12.8 Å². The van der Waals surface area contributed by atoms with E-state index < -0.39 is 15.8 Å². The fraction of sp³-hybridized carbons (Fsp3) is 0.300. The van der Waals surface area contributed by atoms with Gasteiger partial charge in [0.25, 0.3) is 10.0 Å². The standard InChI is InChI=1S/C20H22FN3O4S/c1-24(13-14-9-10-17(28-2)16(21)12-14)19(25)8-5-11-22-20-15-6-3-4-7-18(15)29(26,27)23-20/h3-4,6-7,9-10,12H,5,8,11,13H2,1-2H3,(H,22,23). The van der Waals surface area contributed by atoms with Crippen molar-refractivity contribution in [2.75, 3.05) is 20.7 Å². The van der Waals surface area contributed by atoms with Gasteiger partial charge in [0, 0.05) is 32.1 Å². The number of hydrogen-bond donors (Lipinski definition) is 1. The van der Waals surface area contributed by atoms with Crippen molar-refractivity contribution >= 4 is 21.8 Å². The van der Waals surface area contributed by atoms with Crippen molar-refractivity contribution in [1.82, 2.24) is 9.62 Å². The number of aliphatic imine (C=N–C) groups is 1. The molecule has 9 heteroatoms. The maximum absolute atomic E-state index is 13.8. The lowest BCUT2D eigenvalue weighted by Gasteiger charge is -2.17. The third kappa shape index (κ3) is 4.73. The Bertz CT molecular complexity index is 1050. The second kappa shape index (κ2) is 8.60. The normalized spacial score (nSPS) is 15.6. The Balaban J connectivity index is 1.52. The summed E-state index contributed by atoms with van der Waals surface area (Å²) in [5, 5.41) is 0. The van der Waals surface area contributed by atoms with E-state index in [1.807, 2.05) is 0 Å². The van der Waals surface area contributed by atoms with E-state index >= 15 is 0 Å². The summed E-state index contributed by atoms with van der Waals surface area (Å²) in [6.45, 7) is 0.588. The van der Waals surface area contributed by atoms with Gasteiger partial charge in [-0.15, -0.1) is 0 Å². The number of rotatable bonds is 7. The Morgan fingerprint density at radius 3 is 2.72 bits per heavy atom. The van der Waals surface area contributed by atoms with Gasteiger partial charge in [-0.3, -0.25) is 14.5 Å². The molecular weight excluding hydrogens is 397 g/mol. The van der Waals surface area contributed by atoms with Crippen LogP contribution in [-0.4, -0.2) is 45.8 Å². The molecule has 2 aromatic rings. The molecule has 0 radical (unpaired) electrons. The summed E-state index contributed by atoms with van der Waals surface area (Å²) in [7, 11) is -0.515. The fourth-order valence-corrected chi connectivity index (χ4v) is 4.28. The minimum Gasteiger partial charge on any atom is -0.494 e. The average molecular weight is 419 g/mol. The number of nitrogens with one attached hydrogen (secondary N) is 1. The van der Waals surface area contributed by atoms with E-state index in [1.165, 1.54) is 30.2 Å². The van der Waals surface area contributed by atoms with E-state index in [4.69, 9.17) is 4.74 Å². The van der Waals surface area contributed by atoms with Crippen LogP contribution in [0.1, 0.15) is 24.0 Å². The molecule has 0 spiro atoms. The van der Waals surface area contributed by atoms with Crippen LogP contribution in [0.2, 0.25) is 0 Å². The molecule has 1 N–H and O–H groups in total. The molecule has 0 bridgehead atoms. The number of fused-ring (bicyclic) bond motifs is 1. The van der Waals surface area contributed by atoms with Gasteiger partial charge in [-0.2, -0.15) is 0 Å². The Hall–Kier alpha value is -2.94. The summed E-state index contributed by atoms with van der Waals surface area (Å²) in [5.74, 6) is -0.115. The van der Waals surface area contributed by atoms with Crippen LogP contribution in [-0.2, 0) is 21.4 Å². The minimum atomic E-state index is -3.56. The number of methoxy groups -OCH3 is 1. The van der Waals surface area contributed by atoms with Crippen LogP contribution in [0.4, 0.5) is 4.39 Å². The number of amidine groups is 1. The van der Waals surface area contributed by atoms with Crippen molar-refractivity contribution in [2.45, 2.75) is 24.3 Å². The predicted octanol–water partition coefficient (Wildman–Crippen LogP) is 2.31. The van der Waals surface area contributed by atoms with Crippen LogP contribution < -0.4 is 9.46 Å². The SMILES string of the molecule is COc1ccc(CN(C)C(=O)CCCN=C2NS(=O)(=O)c3ccccc32)cc1F. The van der Waals surface area contributed by atoms with Crippen LogP contribution in [0, 0.1) is 5.82 Å². The highest BCUT2D eigenvalue weighted by molar-refractivity contribution is 7.90. The maximum Gasteiger partial charge on any atom is 0.263 e. The molecule has 3 rings (SSSR count). The summed E-state index contributed by atoms with van der Waals surface area (Å²) < 4.78 is 45.2. The highest BCUT2D eigenvalue weighted by Gasteiger charge is 2.29. The molecule has 0 fully saturated rings. The lowest BCUT2D eigenvalue weighted by Crippen LogP contribution is -2.26. The van der Waals surface area contributed by atoms with E-state index in [-0.39, 0.29) is 29.5 Å². The zero-order chi connectivity index (χ0) is 21.0. The number of ether oxygens (including phenoxy) is 1. The van der Waals surface area contributed by atoms with Crippen LogP contribution in [0.15, 0.2) is 52.4 Å². The van der Waals surface area contributed by atoms with Gasteiger partial charge >= 0.3 is 0 Å². The minimum absolute atomic E-state index is 0.103. The summed E-state index contributed by atoms with van der Waals surface area (Å²) in [4.78, 5) is 18.3. The number of sulfonamides is 1. The van der Waals surface area contributed by atoms with E-state index in [9.17, 15) is 17.6 Å². The topological polar surface area (TPSA) is 88.1 Å². The first kappa shape index (κ1) is 20.8. The van der Waals surface area contributed by atoms with Gasteiger partial charge in [0.05, 0.1) is 12.0 Å². The lowest BCUT2D eigenvalue weighted by molar-refractivity contribution is -0.130. The molecule has 154 valence electrons. The zero-order valence-corrected chi connectivity index (χ0v) is 17.0. The summed E-state index contributed by atoms with van der Waals surface area (Å²) in [6, 6.07) is 11.2. The predicted molar refractivity (Wildman–Crippen MR) is 107 cm³/mol. The van der Waals surface area contributed by atoms with Gasteiger partial charge in [0.1, 0.15) is 5.84 Å². The Labute approximate surface area is 169 Å². The van der Waals surface area contributed by atoms with E-state index in [0.29, 0.717) is 29.9 Å². The first-order valence-corrected chi connectivity index (χ1v) is 10.5. The Kier molecular flexibility index (Phi) is 6.17. The van der Waals surface area contributed by atoms with Crippen molar-refractivity contribution in [1.29, 1.82) is 0 Å². The summed E-state index contributed by atoms with van der Waals surface area (Å²) >= 11 is 0. The molecule has 0 atom stereocenters. The maximum atomic E-state index is 13.8. The molecular formula is C20H22FN3O4S. The highest BCUT2D eigenvalue weighted by atomic mass is 32.2. The number of benzene rings is 2. The number of carbonyl (C=O) groups excluding carboxylic acids is 1. The van der Waals surface area contributed by atoms with Gasteiger partial charge < -0.3 is 9.64 Å². The molecule has 2 aromatic carbocycles. The zero-order valence-electron chi connectivity index (χ0n) is 16.2. The highest BCUT2D eigenvalue weighted by Crippen LogP contribution is 2.22. The largest absolute Gasteiger partial charge is 0.494 e.